The molecule has 0 bridgehead atoms. The molecule has 0 spiro atoms. The Hall–Kier alpha value is -3.11. The van der Waals surface area contributed by atoms with Crippen molar-refractivity contribution in [2.24, 2.45) is 4.99 Å². The lowest BCUT2D eigenvalue weighted by molar-refractivity contribution is 0.263. The van der Waals surface area contributed by atoms with E-state index in [1.165, 1.54) is 25.9 Å². The minimum Gasteiger partial charge on any atom is -0.494 e. The van der Waals surface area contributed by atoms with Gasteiger partial charge in [-0.15, -0.1) is 0 Å². The van der Waals surface area contributed by atoms with Gasteiger partial charge in [0.25, 0.3) is 0 Å². The average molecular weight is 400 g/mol. The number of para-hydroxylation sites is 1. The zero-order valence-electron chi connectivity index (χ0n) is 17.3. The quantitative estimate of drug-likeness (QED) is 0.298. The lowest BCUT2D eigenvalue weighted by atomic mass is 10.2. The smallest absolute Gasteiger partial charge is 0.138 e. The molecular weight excluding hydrogens is 370 g/mol. The van der Waals surface area contributed by atoms with E-state index in [4.69, 9.17) is 9.73 Å². The molecule has 0 unspecified atom stereocenters. The van der Waals surface area contributed by atoms with Gasteiger partial charge in [0.05, 0.1) is 12.3 Å². The lowest BCUT2D eigenvalue weighted by Crippen LogP contribution is -2.21. The van der Waals surface area contributed by atoms with Gasteiger partial charge in [0.2, 0.25) is 0 Å². The number of aliphatic imine (C=N–C) groups is 1. The zero-order valence-corrected chi connectivity index (χ0v) is 17.3. The molecule has 1 fully saturated rings. The number of ether oxygens (including phenoxy) is 1. The third-order valence-corrected chi connectivity index (χ3v) is 5.25. The minimum absolute atomic E-state index is 0.754. The molecule has 3 aromatic rings. The van der Waals surface area contributed by atoms with Gasteiger partial charge in [0.15, 0.2) is 0 Å². The molecule has 0 aromatic heterocycles. The molecule has 1 aliphatic rings. The Bertz CT molecular complexity index is 918. The van der Waals surface area contributed by atoms with E-state index in [1.54, 1.807) is 0 Å². The fourth-order valence-corrected chi connectivity index (χ4v) is 3.65. The maximum Gasteiger partial charge on any atom is 0.138 e. The summed E-state index contributed by atoms with van der Waals surface area (Å²) in [6.45, 7) is 4.37. The van der Waals surface area contributed by atoms with E-state index in [9.17, 15) is 0 Å². The van der Waals surface area contributed by atoms with Crippen LogP contribution in [0, 0.1) is 0 Å². The van der Waals surface area contributed by atoms with Gasteiger partial charge in [-0.1, -0.05) is 48.5 Å². The van der Waals surface area contributed by atoms with Crippen LogP contribution in [0.5, 0.6) is 5.75 Å². The average Bonchev–Trinajstić information content (AvgIpc) is 3.32. The standard InChI is InChI=1S/C26H29N3O/c1-3-10-22(11-4-1)26(27-23-12-5-2-6-13-23)28-24-14-16-25(17-15-24)30-21-9-20-29-18-7-8-19-29/h1-6,10-17H,7-9,18-21H2,(H,27,28). The molecule has 4 heteroatoms. The van der Waals surface area contributed by atoms with Crippen molar-refractivity contribution in [3.63, 3.8) is 0 Å². The van der Waals surface area contributed by atoms with Crippen LogP contribution in [-0.2, 0) is 0 Å². The number of rotatable bonds is 8. The minimum atomic E-state index is 0.754. The Morgan fingerprint density at radius 1 is 0.833 bits per heavy atom. The van der Waals surface area contributed by atoms with Crippen molar-refractivity contribution in [1.29, 1.82) is 0 Å². The van der Waals surface area contributed by atoms with Gasteiger partial charge in [-0.05, 0) is 68.8 Å². The Kier molecular flexibility index (Phi) is 7.13. The van der Waals surface area contributed by atoms with Gasteiger partial charge in [0, 0.05) is 17.8 Å². The van der Waals surface area contributed by atoms with Crippen molar-refractivity contribution in [1.82, 2.24) is 4.90 Å². The van der Waals surface area contributed by atoms with Crippen LogP contribution in [-0.4, -0.2) is 37.0 Å². The summed E-state index contributed by atoms with van der Waals surface area (Å²) in [7, 11) is 0. The third kappa shape index (κ3) is 5.94. The van der Waals surface area contributed by atoms with Crippen LogP contribution in [0.15, 0.2) is 89.9 Å². The first-order chi connectivity index (χ1) is 14.9. The number of hydrogen-bond acceptors (Lipinski definition) is 3. The highest BCUT2D eigenvalue weighted by atomic mass is 16.5. The number of hydrogen-bond donors (Lipinski definition) is 1. The van der Waals surface area contributed by atoms with Crippen molar-refractivity contribution >= 4 is 17.2 Å². The molecule has 0 saturated carbocycles. The summed E-state index contributed by atoms with van der Waals surface area (Å²) in [5, 5.41) is 3.44. The van der Waals surface area contributed by atoms with Crippen LogP contribution in [0.2, 0.25) is 0 Å². The van der Waals surface area contributed by atoms with E-state index in [0.717, 1.165) is 48.1 Å². The molecule has 4 nitrogen and oxygen atoms in total. The van der Waals surface area contributed by atoms with Crippen LogP contribution in [0.25, 0.3) is 0 Å². The fraction of sp³-hybridized carbons (Fsp3) is 0.269. The maximum absolute atomic E-state index is 5.92. The fourth-order valence-electron chi connectivity index (χ4n) is 3.65. The van der Waals surface area contributed by atoms with E-state index in [-0.39, 0.29) is 0 Å². The Morgan fingerprint density at radius 2 is 1.50 bits per heavy atom. The normalized spacial score (nSPS) is 14.6. The van der Waals surface area contributed by atoms with Crippen molar-refractivity contribution in [2.45, 2.75) is 19.3 Å². The Morgan fingerprint density at radius 3 is 2.20 bits per heavy atom. The van der Waals surface area contributed by atoms with Crippen molar-refractivity contribution in [3.8, 4) is 5.75 Å². The second-order valence-electron chi connectivity index (χ2n) is 7.56. The number of nitrogens with zero attached hydrogens (tertiary/aromatic N) is 2. The molecular formula is C26H29N3O. The van der Waals surface area contributed by atoms with Crippen LogP contribution in [0.3, 0.4) is 0 Å². The van der Waals surface area contributed by atoms with E-state index in [1.807, 2.05) is 72.8 Å². The molecule has 0 amide bonds. The molecule has 1 heterocycles. The highest BCUT2D eigenvalue weighted by Gasteiger charge is 2.10. The van der Waals surface area contributed by atoms with Gasteiger partial charge in [0.1, 0.15) is 11.6 Å². The molecule has 1 N–H and O–H groups in total. The second kappa shape index (κ2) is 10.6. The van der Waals surface area contributed by atoms with E-state index < -0.39 is 0 Å². The molecule has 0 aliphatic carbocycles. The molecule has 3 aromatic carbocycles. The molecule has 0 radical (unpaired) electrons. The summed E-state index contributed by atoms with van der Waals surface area (Å²) in [6, 6.07) is 28.3. The highest BCUT2D eigenvalue weighted by Crippen LogP contribution is 2.20. The predicted molar refractivity (Wildman–Crippen MR) is 125 cm³/mol. The lowest BCUT2D eigenvalue weighted by Gasteiger charge is -2.14. The van der Waals surface area contributed by atoms with Crippen molar-refractivity contribution in [3.05, 3.63) is 90.5 Å². The van der Waals surface area contributed by atoms with Crippen LogP contribution < -0.4 is 10.1 Å². The summed E-state index contributed by atoms with van der Waals surface area (Å²) in [5.74, 6) is 1.72. The van der Waals surface area contributed by atoms with Gasteiger partial charge in [-0.25, -0.2) is 4.99 Å². The molecule has 154 valence electrons. The zero-order chi connectivity index (χ0) is 20.4. The molecule has 1 saturated heterocycles. The first-order valence-electron chi connectivity index (χ1n) is 10.8. The summed E-state index contributed by atoms with van der Waals surface area (Å²) in [5.41, 5.74) is 2.95. The number of nitrogens with one attached hydrogen (secondary N) is 1. The van der Waals surface area contributed by atoms with E-state index in [2.05, 4.69) is 22.3 Å². The summed E-state index contributed by atoms with van der Waals surface area (Å²) in [6.07, 6.45) is 3.75. The largest absolute Gasteiger partial charge is 0.494 e. The predicted octanol–water partition coefficient (Wildman–Crippen LogP) is 5.74. The summed E-state index contributed by atoms with van der Waals surface area (Å²) < 4.78 is 5.92. The topological polar surface area (TPSA) is 36.9 Å². The third-order valence-electron chi connectivity index (χ3n) is 5.25. The monoisotopic (exact) mass is 399 g/mol. The Balaban J connectivity index is 1.40. The summed E-state index contributed by atoms with van der Waals surface area (Å²) in [4.78, 5) is 7.38. The Labute approximate surface area is 179 Å². The van der Waals surface area contributed by atoms with Gasteiger partial charge < -0.3 is 15.0 Å². The number of likely N-dealkylation sites (tertiary alicyclic amines) is 1. The van der Waals surface area contributed by atoms with E-state index in [0.29, 0.717) is 0 Å². The van der Waals surface area contributed by atoms with Gasteiger partial charge >= 0.3 is 0 Å². The molecule has 0 atom stereocenters. The summed E-state index contributed by atoms with van der Waals surface area (Å²) >= 11 is 0. The van der Waals surface area contributed by atoms with Gasteiger partial charge in [-0.3, -0.25) is 0 Å². The first kappa shape index (κ1) is 20.2. The number of anilines is 1. The first-order valence-corrected chi connectivity index (χ1v) is 10.8. The SMILES string of the molecule is c1ccc(NC(=Nc2ccc(OCCCN3CCCC3)cc2)c2ccccc2)cc1. The van der Waals surface area contributed by atoms with Crippen LogP contribution in [0.1, 0.15) is 24.8 Å². The molecule has 1 aliphatic heterocycles. The van der Waals surface area contributed by atoms with Crippen LogP contribution >= 0.6 is 0 Å². The highest BCUT2D eigenvalue weighted by molar-refractivity contribution is 6.09. The van der Waals surface area contributed by atoms with Crippen LogP contribution in [0.4, 0.5) is 11.4 Å². The number of benzene rings is 3. The van der Waals surface area contributed by atoms with Gasteiger partial charge in [-0.2, -0.15) is 0 Å². The molecule has 30 heavy (non-hydrogen) atoms. The maximum atomic E-state index is 5.92. The second-order valence-corrected chi connectivity index (χ2v) is 7.56. The van der Waals surface area contributed by atoms with Crippen molar-refractivity contribution < 1.29 is 4.74 Å². The molecule has 4 rings (SSSR count). The van der Waals surface area contributed by atoms with E-state index >= 15 is 0 Å². The van der Waals surface area contributed by atoms with Crippen molar-refractivity contribution in [2.75, 3.05) is 31.6 Å². The number of amidine groups is 1.